The van der Waals surface area contributed by atoms with Crippen LogP contribution in [0.2, 0.25) is 0 Å². The molecule has 7 heteroatoms. The molecule has 0 spiro atoms. The summed E-state index contributed by atoms with van der Waals surface area (Å²) in [4.78, 5) is 27.5. The van der Waals surface area contributed by atoms with Gasteiger partial charge in [0.05, 0.1) is 5.69 Å². The molecule has 1 N–H and O–H groups in total. The number of Topliss-reactive ketones (excluding diaryl/α,β-unsaturated/α-hetero) is 1. The lowest BCUT2D eigenvalue weighted by molar-refractivity contribution is -0.137. The number of carbonyl (C=O) groups is 2. The van der Waals surface area contributed by atoms with Crippen LogP contribution in [0.3, 0.4) is 0 Å². The molecule has 1 aromatic carbocycles. The van der Waals surface area contributed by atoms with Gasteiger partial charge in [0, 0.05) is 46.7 Å². The topological polar surface area (TPSA) is 89.5 Å². The van der Waals surface area contributed by atoms with Gasteiger partial charge >= 0.3 is 5.97 Å². The van der Waals surface area contributed by atoms with E-state index in [0.29, 0.717) is 11.1 Å². The number of nitrogens with zero attached hydrogens (tertiary/aromatic N) is 4. The molecule has 0 amide bonds. The maximum atomic E-state index is 12.0. The average molecular weight is 348 g/mol. The van der Waals surface area contributed by atoms with Gasteiger partial charge in [0.15, 0.2) is 11.4 Å². The van der Waals surface area contributed by atoms with Gasteiger partial charge in [0.2, 0.25) is 0 Å². The minimum absolute atomic E-state index is 0.104. The lowest BCUT2D eigenvalue weighted by atomic mass is 10.0. The van der Waals surface area contributed by atoms with Crippen LogP contribution >= 0.6 is 0 Å². The number of benzene rings is 1. The van der Waals surface area contributed by atoms with Gasteiger partial charge in [0.1, 0.15) is 6.54 Å². The first-order valence-corrected chi connectivity index (χ1v) is 8.10. The molecular weight excluding hydrogens is 332 g/mol. The van der Waals surface area contributed by atoms with Crippen LogP contribution in [0, 0.1) is 6.92 Å². The van der Waals surface area contributed by atoms with Gasteiger partial charge < -0.3 is 9.67 Å². The van der Waals surface area contributed by atoms with Crippen molar-refractivity contribution in [1.29, 1.82) is 0 Å². The zero-order chi connectivity index (χ0) is 18.4. The van der Waals surface area contributed by atoms with E-state index in [4.69, 9.17) is 5.11 Å². The number of aromatic nitrogens is 4. The van der Waals surface area contributed by atoms with E-state index >= 15 is 0 Å². The minimum atomic E-state index is -0.954. The van der Waals surface area contributed by atoms with E-state index in [1.54, 1.807) is 21.5 Å². The van der Waals surface area contributed by atoms with Crippen LogP contribution in [0.4, 0.5) is 0 Å². The van der Waals surface area contributed by atoms with Gasteiger partial charge in [-0.05, 0) is 31.5 Å². The van der Waals surface area contributed by atoms with E-state index in [1.165, 1.54) is 6.92 Å². The molecule has 4 aromatic rings. The molecule has 26 heavy (non-hydrogen) atoms. The van der Waals surface area contributed by atoms with Gasteiger partial charge in [-0.25, -0.2) is 9.50 Å². The summed E-state index contributed by atoms with van der Waals surface area (Å²) in [7, 11) is 0. The number of hydrogen-bond donors (Lipinski definition) is 1. The highest BCUT2D eigenvalue weighted by atomic mass is 16.4. The van der Waals surface area contributed by atoms with Crippen LogP contribution in [0.25, 0.3) is 27.7 Å². The van der Waals surface area contributed by atoms with Crippen molar-refractivity contribution in [2.24, 2.45) is 0 Å². The predicted molar refractivity (Wildman–Crippen MR) is 96.3 cm³/mol. The lowest BCUT2D eigenvalue weighted by Gasteiger charge is -2.05. The molecule has 7 nitrogen and oxygen atoms in total. The third-order valence-electron chi connectivity index (χ3n) is 4.33. The number of rotatable bonds is 4. The van der Waals surface area contributed by atoms with E-state index in [-0.39, 0.29) is 12.3 Å². The number of hydrogen-bond acceptors (Lipinski definition) is 4. The van der Waals surface area contributed by atoms with Crippen LogP contribution in [0.5, 0.6) is 0 Å². The molecule has 0 aliphatic heterocycles. The SMILES string of the molecule is CC(=O)c1cn(CC(=O)O)c2ccc(-c3cnc4cc(C)nn4c3)cc12. The standard InChI is InChI=1S/C19H16N4O3/c1-11-5-18-20-7-14(8-23(18)21-11)13-3-4-17-15(6-13)16(12(2)24)9-22(17)10-19(25)26/h3-9H,10H2,1-2H3,(H,25,26). The maximum absolute atomic E-state index is 12.0. The summed E-state index contributed by atoms with van der Waals surface area (Å²) in [6, 6.07) is 7.51. The molecule has 0 bridgehead atoms. The number of fused-ring (bicyclic) bond motifs is 2. The van der Waals surface area contributed by atoms with Gasteiger partial charge in [-0.2, -0.15) is 5.10 Å². The van der Waals surface area contributed by atoms with Crippen LogP contribution in [-0.4, -0.2) is 36.0 Å². The summed E-state index contributed by atoms with van der Waals surface area (Å²) in [5, 5.41) is 14.2. The normalized spacial score (nSPS) is 11.3. The quantitative estimate of drug-likeness (QED) is 0.573. The number of ketones is 1. The first-order chi connectivity index (χ1) is 12.4. The van der Waals surface area contributed by atoms with Crippen LogP contribution < -0.4 is 0 Å². The van der Waals surface area contributed by atoms with Crippen LogP contribution in [0.1, 0.15) is 23.0 Å². The third-order valence-corrected chi connectivity index (χ3v) is 4.33. The summed E-state index contributed by atoms with van der Waals surface area (Å²) in [5.74, 6) is -1.06. The Labute approximate surface area is 148 Å². The second-order valence-electron chi connectivity index (χ2n) is 6.28. The summed E-state index contributed by atoms with van der Waals surface area (Å²) in [5.41, 5.74) is 4.62. The maximum Gasteiger partial charge on any atom is 0.323 e. The van der Waals surface area contributed by atoms with Crippen LogP contribution in [-0.2, 0) is 11.3 Å². The van der Waals surface area contributed by atoms with Crippen molar-refractivity contribution in [3.63, 3.8) is 0 Å². The second-order valence-corrected chi connectivity index (χ2v) is 6.28. The third kappa shape index (κ3) is 2.63. The van der Waals surface area contributed by atoms with Crippen molar-refractivity contribution < 1.29 is 14.7 Å². The Morgan fingerprint density at radius 1 is 1.15 bits per heavy atom. The second kappa shape index (κ2) is 5.80. The molecule has 0 radical (unpaired) electrons. The fourth-order valence-electron chi connectivity index (χ4n) is 3.18. The minimum Gasteiger partial charge on any atom is -0.480 e. The summed E-state index contributed by atoms with van der Waals surface area (Å²) in [6.07, 6.45) is 5.25. The first-order valence-electron chi connectivity index (χ1n) is 8.10. The summed E-state index contributed by atoms with van der Waals surface area (Å²) < 4.78 is 3.30. The molecule has 3 heterocycles. The number of carboxylic acids is 1. The van der Waals surface area contributed by atoms with Crippen molar-refractivity contribution in [2.45, 2.75) is 20.4 Å². The smallest absolute Gasteiger partial charge is 0.323 e. The van der Waals surface area contributed by atoms with E-state index in [9.17, 15) is 9.59 Å². The number of carboxylic acid groups (broad SMARTS) is 1. The first kappa shape index (κ1) is 16.0. The zero-order valence-corrected chi connectivity index (χ0v) is 14.3. The highest BCUT2D eigenvalue weighted by molar-refractivity contribution is 6.08. The summed E-state index contributed by atoms with van der Waals surface area (Å²) in [6.45, 7) is 3.20. The molecule has 0 saturated carbocycles. The Morgan fingerprint density at radius 3 is 2.69 bits per heavy atom. The Kier molecular flexibility index (Phi) is 3.57. The van der Waals surface area contributed by atoms with Crippen molar-refractivity contribution >= 4 is 28.3 Å². The van der Waals surface area contributed by atoms with E-state index in [0.717, 1.165) is 27.9 Å². The van der Waals surface area contributed by atoms with E-state index in [2.05, 4.69) is 10.1 Å². The molecule has 0 fully saturated rings. The van der Waals surface area contributed by atoms with Gasteiger partial charge in [-0.3, -0.25) is 9.59 Å². The summed E-state index contributed by atoms with van der Waals surface area (Å²) >= 11 is 0. The molecule has 0 saturated heterocycles. The van der Waals surface area contributed by atoms with E-state index in [1.807, 2.05) is 37.4 Å². The highest BCUT2D eigenvalue weighted by Crippen LogP contribution is 2.28. The lowest BCUT2D eigenvalue weighted by Crippen LogP contribution is -2.07. The van der Waals surface area contributed by atoms with Crippen molar-refractivity contribution in [1.82, 2.24) is 19.2 Å². The molecule has 130 valence electrons. The van der Waals surface area contributed by atoms with Crippen molar-refractivity contribution in [2.75, 3.05) is 0 Å². The molecule has 3 aromatic heterocycles. The molecule has 0 atom stereocenters. The Balaban J connectivity index is 1.89. The molecular formula is C19H16N4O3. The fourth-order valence-corrected chi connectivity index (χ4v) is 3.18. The molecule has 4 rings (SSSR count). The van der Waals surface area contributed by atoms with E-state index < -0.39 is 5.97 Å². The number of aryl methyl sites for hydroxylation is 1. The Bertz CT molecular complexity index is 1190. The highest BCUT2D eigenvalue weighted by Gasteiger charge is 2.15. The van der Waals surface area contributed by atoms with Gasteiger partial charge in [-0.15, -0.1) is 0 Å². The largest absolute Gasteiger partial charge is 0.480 e. The fraction of sp³-hybridized carbons (Fsp3) is 0.158. The van der Waals surface area contributed by atoms with Crippen LogP contribution in [0.15, 0.2) is 42.9 Å². The monoisotopic (exact) mass is 348 g/mol. The van der Waals surface area contributed by atoms with Gasteiger partial charge in [0.25, 0.3) is 0 Å². The Morgan fingerprint density at radius 2 is 1.96 bits per heavy atom. The average Bonchev–Trinajstić information content (AvgIpc) is 3.13. The van der Waals surface area contributed by atoms with Crippen molar-refractivity contribution in [3.8, 4) is 11.1 Å². The predicted octanol–water partition coefficient (Wildman–Crippen LogP) is 2.95. The molecule has 0 aliphatic rings. The van der Waals surface area contributed by atoms with Gasteiger partial charge in [-0.1, -0.05) is 6.07 Å². The number of aliphatic carboxylic acids is 1. The molecule has 0 unspecified atom stereocenters. The zero-order valence-electron chi connectivity index (χ0n) is 14.3. The Hall–Kier alpha value is -3.48. The van der Waals surface area contributed by atoms with Crippen molar-refractivity contribution in [3.05, 3.63) is 54.1 Å². The molecule has 0 aliphatic carbocycles. The number of carbonyl (C=O) groups excluding carboxylic acids is 1.